The van der Waals surface area contributed by atoms with Crippen molar-refractivity contribution in [3.63, 3.8) is 0 Å². The highest BCUT2D eigenvalue weighted by Crippen LogP contribution is 2.42. The van der Waals surface area contributed by atoms with Crippen LogP contribution in [-0.4, -0.2) is 49.8 Å². The highest BCUT2D eigenvalue weighted by molar-refractivity contribution is 5.80. The summed E-state index contributed by atoms with van der Waals surface area (Å²) in [5.74, 6) is -0.393. The third-order valence-electron chi connectivity index (χ3n) is 5.07. The van der Waals surface area contributed by atoms with Gasteiger partial charge in [-0.2, -0.15) is 13.2 Å². The van der Waals surface area contributed by atoms with Crippen LogP contribution in [-0.2, 0) is 0 Å². The molecule has 0 fully saturated rings. The smallest absolute Gasteiger partial charge is 0.489 e. The van der Waals surface area contributed by atoms with Crippen LogP contribution in [0.1, 0.15) is 0 Å². The van der Waals surface area contributed by atoms with Crippen molar-refractivity contribution in [3.05, 3.63) is 72.8 Å². The van der Waals surface area contributed by atoms with Gasteiger partial charge in [-0.25, -0.2) is 0 Å². The van der Waals surface area contributed by atoms with E-state index in [1.807, 2.05) is 0 Å². The number of halogens is 9. The largest absolute Gasteiger partial charge is 0.573 e. The molecule has 0 spiro atoms. The van der Waals surface area contributed by atoms with E-state index in [-0.39, 0.29) is 24.7 Å². The summed E-state index contributed by atoms with van der Waals surface area (Å²) in [5.41, 5.74) is 1.06. The average Bonchev–Trinajstić information content (AvgIpc) is 2.82. The number of fused-ring (bicyclic) bond motifs is 1. The van der Waals surface area contributed by atoms with Crippen molar-refractivity contribution < 1.29 is 58.8 Å². The molecule has 3 aromatic rings. The van der Waals surface area contributed by atoms with Crippen LogP contribution in [0, 0.1) is 0 Å². The fourth-order valence-electron chi connectivity index (χ4n) is 3.52. The molecule has 39 heavy (non-hydrogen) atoms. The number of rotatable bonds is 5. The molecule has 212 valence electrons. The van der Waals surface area contributed by atoms with Crippen molar-refractivity contribution in [2.45, 2.75) is 25.0 Å². The number of ether oxygens (including phenoxy) is 3. The normalized spacial score (nSPS) is 14.4. The summed E-state index contributed by atoms with van der Waals surface area (Å²) in [6.45, 7) is -0.491. The molecule has 5 nitrogen and oxygen atoms in total. The molecule has 0 unspecified atom stereocenters. The van der Waals surface area contributed by atoms with Gasteiger partial charge >= 0.3 is 18.9 Å². The zero-order chi connectivity index (χ0) is 28.8. The number of anilines is 1. The van der Waals surface area contributed by atoms with Gasteiger partial charge in [0.1, 0.15) is 18.1 Å². The highest BCUT2D eigenvalue weighted by Gasteiger charge is 2.40. The number of benzene rings is 3. The number of alkyl halides is 9. The molecule has 0 aromatic heterocycles. The van der Waals surface area contributed by atoms with E-state index in [4.69, 9.17) is 4.74 Å². The van der Waals surface area contributed by atoms with Crippen molar-refractivity contribution in [2.24, 2.45) is 0 Å². The summed E-state index contributed by atoms with van der Waals surface area (Å²) in [6, 6.07) is 16.9. The van der Waals surface area contributed by atoms with Gasteiger partial charge in [-0.3, -0.25) is 0 Å². The number of aliphatic hydroxyl groups is 1. The topological polar surface area (TPSA) is 51.2 Å². The van der Waals surface area contributed by atoms with Crippen LogP contribution in [0.4, 0.5) is 45.2 Å². The summed E-state index contributed by atoms with van der Waals surface area (Å²) in [7, 11) is 0. The van der Waals surface area contributed by atoms with E-state index in [2.05, 4.69) is 9.47 Å². The molecule has 0 saturated heterocycles. The van der Waals surface area contributed by atoms with E-state index in [9.17, 15) is 44.6 Å². The lowest BCUT2D eigenvalue weighted by molar-refractivity contribution is -0.275. The minimum atomic E-state index is -4.85. The summed E-state index contributed by atoms with van der Waals surface area (Å²) in [6.07, 6.45) is -16.7. The molecule has 1 atom stereocenters. The quantitative estimate of drug-likeness (QED) is 0.337. The average molecular weight is 569 g/mol. The molecule has 4 rings (SSSR count). The zero-order valence-corrected chi connectivity index (χ0v) is 19.6. The minimum Gasteiger partial charge on any atom is -0.489 e. The summed E-state index contributed by atoms with van der Waals surface area (Å²) in [5, 5.41) is 9.36. The lowest BCUT2D eigenvalue weighted by Crippen LogP contribution is -2.44. The SMILES string of the molecule is FC(F)(F)Oc1ccccc1.O[C@@H](CN1CCOc2c(-c3cccc(OC(F)(F)F)c3)cccc21)C(F)(F)F. The molecule has 1 N–H and O–H groups in total. The molecule has 0 radical (unpaired) electrons. The molecule has 3 aromatic carbocycles. The number of hydrogen-bond donors (Lipinski definition) is 1. The van der Waals surface area contributed by atoms with Gasteiger partial charge in [-0.15, -0.1) is 26.3 Å². The fourth-order valence-corrected chi connectivity index (χ4v) is 3.52. The molecule has 1 heterocycles. The lowest BCUT2D eigenvalue weighted by atomic mass is 10.0. The molecule has 0 amide bonds. The van der Waals surface area contributed by atoms with Gasteiger partial charge in [-0.05, 0) is 35.9 Å². The van der Waals surface area contributed by atoms with Crippen LogP contribution in [0.15, 0.2) is 72.8 Å². The maximum absolute atomic E-state index is 12.7. The number of β-amino-alcohol motifs (C(OH)–C–C–N with tert-alkyl or cyclic N) is 1. The Morgan fingerprint density at radius 3 is 1.97 bits per heavy atom. The Morgan fingerprint density at radius 2 is 1.36 bits per heavy atom. The van der Waals surface area contributed by atoms with Gasteiger partial charge in [0.25, 0.3) is 0 Å². The Balaban J connectivity index is 0.000000320. The number of hydrogen-bond acceptors (Lipinski definition) is 5. The standard InChI is InChI=1S/C18H15F6NO3.C7H5F3O/c19-17(20,21)15(26)10-25-7-8-27-16-13(5-2-6-14(16)25)11-3-1-4-12(9-11)28-18(22,23)24;8-7(9,10)11-6-4-2-1-3-5-6/h1-6,9,15,26H,7-8,10H2;1-5H/t15-;/m0./s1. The third kappa shape index (κ3) is 9.16. The van der Waals surface area contributed by atoms with Crippen LogP contribution < -0.4 is 19.1 Å². The van der Waals surface area contributed by atoms with E-state index in [1.54, 1.807) is 18.2 Å². The van der Waals surface area contributed by atoms with Crippen molar-refractivity contribution >= 4 is 5.69 Å². The van der Waals surface area contributed by atoms with Crippen molar-refractivity contribution in [1.29, 1.82) is 0 Å². The predicted octanol–water partition coefficient (Wildman–Crippen LogP) is 6.96. The zero-order valence-electron chi connectivity index (χ0n) is 19.6. The highest BCUT2D eigenvalue weighted by atomic mass is 19.4. The Bertz CT molecular complexity index is 1210. The second kappa shape index (κ2) is 11.9. The Kier molecular flexibility index (Phi) is 9.10. The first-order valence-corrected chi connectivity index (χ1v) is 11.0. The van der Waals surface area contributed by atoms with Crippen molar-refractivity contribution in [1.82, 2.24) is 0 Å². The molecular weight excluding hydrogens is 549 g/mol. The van der Waals surface area contributed by atoms with E-state index in [0.717, 1.165) is 12.1 Å². The fraction of sp³-hybridized carbons (Fsp3) is 0.280. The maximum atomic E-state index is 12.7. The molecule has 1 aliphatic rings. The molecule has 0 saturated carbocycles. The van der Waals surface area contributed by atoms with Gasteiger partial charge in [0, 0.05) is 5.56 Å². The molecule has 0 bridgehead atoms. The first-order chi connectivity index (χ1) is 18.1. The molecular formula is C25H20F9NO4. The van der Waals surface area contributed by atoms with Crippen LogP contribution in [0.5, 0.6) is 17.2 Å². The Morgan fingerprint density at radius 1 is 0.769 bits per heavy atom. The van der Waals surface area contributed by atoms with E-state index in [1.165, 1.54) is 47.4 Å². The second-order valence-electron chi connectivity index (χ2n) is 7.94. The van der Waals surface area contributed by atoms with Crippen molar-refractivity contribution in [3.8, 4) is 28.4 Å². The number of para-hydroxylation sites is 2. The van der Waals surface area contributed by atoms with Crippen LogP contribution in [0.25, 0.3) is 11.1 Å². The van der Waals surface area contributed by atoms with Gasteiger partial charge in [0.05, 0.1) is 18.8 Å². The van der Waals surface area contributed by atoms with Crippen molar-refractivity contribution in [2.75, 3.05) is 24.6 Å². The second-order valence-corrected chi connectivity index (χ2v) is 7.94. The van der Waals surface area contributed by atoms with Gasteiger partial charge < -0.3 is 24.2 Å². The van der Waals surface area contributed by atoms with E-state index >= 15 is 0 Å². The first kappa shape index (κ1) is 29.7. The predicted molar refractivity (Wildman–Crippen MR) is 121 cm³/mol. The minimum absolute atomic E-state index is 0.0628. The van der Waals surface area contributed by atoms with Gasteiger partial charge in [0.2, 0.25) is 0 Å². The Hall–Kier alpha value is -3.81. The van der Waals surface area contributed by atoms with Crippen LogP contribution in [0.2, 0.25) is 0 Å². The summed E-state index contributed by atoms with van der Waals surface area (Å²) < 4.78 is 123. The molecule has 0 aliphatic carbocycles. The van der Waals surface area contributed by atoms with E-state index < -0.39 is 37.3 Å². The summed E-state index contributed by atoms with van der Waals surface area (Å²) in [4.78, 5) is 1.33. The first-order valence-electron chi connectivity index (χ1n) is 11.0. The van der Waals surface area contributed by atoms with E-state index in [0.29, 0.717) is 16.8 Å². The maximum Gasteiger partial charge on any atom is 0.573 e. The van der Waals surface area contributed by atoms with Crippen LogP contribution in [0.3, 0.4) is 0 Å². The number of aliphatic hydroxyl groups excluding tert-OH is 1. The van der Waals surface area contributed by atoms with Gasteiger partial charge in [0.15, 0.2) is 11.9 Å². The van der Waals surface area contributed by atoms with Crippen LogP contribution >= 0.6 is 0 Å². The number of nitrogens with zero attached hydrogens (tertiary/aromatic N) is 1. The monoisotopic (exact) mass is 569 g/mol. The lowest BCUT2D eigenvalue weighted by Gasteiger charge is -2.34. The Labute approximate surface area is 215 Å². The third-order valence-corrected chi connectivity index (χ3v) is 5.07. The summed E-state index contributed by atoms with van der Waals surface area (Å²) >= 11 is 0. The van der Waals surface area contributed by atoms with Gasteiger partial charge in [-0.1, -0.05) is 42.5 Å². The molecule has 1 aliphatic heterocycles. The molecule has 14 heteroatoms.